The number of ether oxygens (including phenoxy) is 2. The molecule has 1 aromatic heterocycles. The summed E-state index contributed by atoms with van der Waals surface area (Å²) in [5, 5.41) is 0.572. The van der Waals surface area contributed by atoms with Crippen molar-refractivity contribution in [3.8, 4) is 16.7 Å². The molecule has 1 aromatic carbocycles. The number of rotatable bonds is 5. The van der Waals surface area contributed by atoms with E-state index in [0.717, 1.165) is 17.3 Å². The van der Waals surface area contributed by atoms with Crippen molar-refractivity contribution in [3.05, 3.63) is 30.1 Å². The van der Waals surface area contributed by atoms with Gasteiger partial charge in [0.2, 0.25) is 0 Å². The Bertz CT molecular complexity index is 494. The summed E-state index contributed by atoms with van der Waals surface area (Å²) in [5.41, 5.74) is 0. The highest BCUT2D eigenvalue weighted by Crippen LogP contribution is 2.26. The average Bonchev–Trinajstić information content (AvgIpc) is 2.81. The third kappa shape index (κ3) is 3.20. The summed E-state index contributed by atoms with van der Waals surface area (Å²) in [4.78, 5) is 4.32. The molecule has 0 aliphatic carbocycles. The molecule has 4 nitrogen and oxygen atoms in total. The van der Waals surface area contributed by atoms with Gasteiger partial charge in [-0.1, -0.05) is 13.8 Å². The number of aromatic nitrogens is 2. The molecule has 0 N–H and O–H groups in total. The summed E-state index contributed by atoms with van der Waals surface area (Å²) in [7, 11) is 0. The molecule has 96 valence electrons. The molecular weight excluding hydrogens is 248 g/mol. The largest absolute Gasteiger partial charge is 0.494 e. The van der Waals surface area contributed by atoms with E-state index in [1.165, 1.54) is 11.5 Å². The molecule has 18 heavy (non-hydrogen) atoms. The average molecular weight is 264 g/mol. The third-order valence-corrected chi connectivity index (χ3v) is 2.89. The Balaban J connectivity index is 2.03. The zero-order chi connectivity index (χ0) is 13.0. The van der Waals surface area contributed by atoms with E-state index in [4.69, 9.17) is 9.47 Å². The van der Waals surface area contributed by atoms with Gasteiger partial charge in [0.15, 0.2) is 0 Å². The highest BCUT2D eigenvalue weighted by Gasteiger charge is 2.09. The second-order valence-electron chi connectivity index (χ2n) is 4.08. The van der Waals surface area contributed by atoms with E-state index >= 15 is 0 Å². The molecule has 2 rings (SSSR count). The molecule has 1 heterocycles. The predicted octanol–water partition coefficient (Wildman–Crippen LogP) is 3.85. The number of hydrogen-bond donors (Lipinski definition) is 0. The normalized spacial score (nSPS) is 10.7. The van der Waals surface area contributed by atoms with Crippen LogP contribution in [0.5, 0.6) is 16.7 Å². The molecule has 0 radical (unpaired) electrons. The fourth-order valence-electron chi connectivity index (χ4n) is 1.37. The van der Waals surface area contributed by atoms with Crippen molar-refractivity contribution >= 4 is 11.5 Å². The zero-order valence-corrected chi connectivity index (χ0v) is 11.5. The van der Waals surface area contributed by atoms with Gasteiger partial charge in [-0.3, -0.25) is 0 Å². The highest BCUT2D eigenvalue weighted by molar-refractivity contribution is 7.07. The second-order valence-corrected chi connectivity index (χ2v) is 4.79. The van der Waals surface area contributed by atoms with Crippen LogP contribution in [-0.4, -0.2) is 16.0 Å². The minimum atomic E-state index is 0.318. The molecule has 0 aliphatic rings. The van der Waals surface area contributed by atoms with Crippen molar-refractivity contribution in [2.45, 2.75) is 26.7 Å². The van der Waals surface area contributed by atoms with Gasteiger partial charge in [-0.2, -0.15) is 9.36 Å². The Morgan fingerprint density at radius 2 is 1.83 bits per heavy atom. The SMILES string of the molecule is CCOc1ccc(Oc2nc(C(C)C)ns2)cc1. The monoisotopic (exact) mass is 264 g/mol. The molecule has 0 atom stereocenters. The number of hydrogen-bond acceptors (Lipinski definition) is 5. The van der Waals surface area contributed by atoms with Crippen LogP contribution in [-0.2, 0) is 0 Å². The molecule has 0 saturated carbocycles. The van der Waals surface area contributed by atoms with E-state index in [9.17, 15) is 0 Å². The highest BCUT2D eigenvalue weighted by atomic mass is 32.1. The van der Waals surface area contributed by atoms with Crippen LogP contribution in [0.3, 0.4) is 0 Å². The molecule has 0 bridgehead atoms. The Kier molecular flexibility index (Phi) is 4.15. The first-order chi connectivity index (χ1) is 8.69. The summed E-state index contributed by atoms with van der Waals surface area (Å²) in [6.07, 6.45) is 0. The van der Waals surface area contributed by atoms with Crippen molar-refractivity contribution in [2.24, 2.45) is 0 Å². The van der Waals surface area contributed by atoms with Crippen LogP contribution in [0.25, 0.3) is 0 Å². The summed E-state index contributed by atoms with van der Waals surface area (Å²) in [5.74, 6) is 2.72. The summed E-state index contributed by atoms with van der Waals surface area (Å²) >= 11 is 1.27. The molecule has 5 heteroatoms. The van der Waals surface area contributed by atoms with Crippen LogP contribution >= 0.6 is 11.5 Å². The van der Waals surface area contributed by atoms with E-state index in [0.29, 0.717) is 17.7 Å². The minimum absolute atomic E-state index is 0.318. The molecule has 0 amide bonds. The van der Waals surface area contributed by atoms with Crippen LogP contribution in [0, 0.1) is 0 Å². The number of benzene rings is 1. The van der Waals surface area contributed by atoms with Gasteiger partial charge >= 0.3 is 0 Å². The van der Waals surface area contributed by atoms with Crippen LogP contribution in [0.15, 0.2) is 24.3 Å². The molecule has 2 aromatic rings. The molecule has 0 fully saturated rings. The maximum Gasteiger partial charge on any atom is 0.298 e. The van der Waals surface area contributed by atoms with Crippen molar-refractivity contribution in [1.82, 2.24) is 9.36 Å². The van der Waals surface area contributed by atoms with Crippen LogP contribution < -0.4 is 9.47 Å². The lowest BCUT2D eigenvalue weighted by Crippen LogP contribution is -1.91. The van der Waals surface area contributed by atoms with Crippen molar-refractivity contribution < 1.29 is 9.47 Å². The van der Waals surface area contributed by atoms with Gasteiger partial charge in [0.1, 0.15) is 17.3 Å². The summed E-state index contributed by atoms with van der Waals surface area (Å²) < 4.78 is 15.2. The second kappa shape index (κ2) is 5.82. The molecular formula is C13H16N2O2S. The first-order valence-electron chi connectivity index (χ1n) is 5.93. The van der Waals surface area contributed by atoms with Crippen molar-refractivity contribution in [1.29, 1.82) is 0 Å². The van der Waals surface area contributed by atoms with Gasteiger partial charge in [0.05, 0.1) is 6.61 Å². The molecule has 0 spiro atoms. The number of nitrogens with zero attached hydrogens (tertiary/aromatic N) is 2. The Morgan fingerprint density at radius 1 is 1.17 bits per heavy atom. The van der Waals surface area contributed by atoms with E-state index in [1.54, 1.807) is 0 Å². The Hall–Kier alpha value is -1.62. The zero-order valence-electron chi connectivity index (χ0n) is 10.7. The summed E-state index contributed by atoms with van der Waals surface area (Å²) in [6.45, 7) is 6.73. The molecule has 0 aliphatic heterocycles. The summed E-state index contributed by atoms with van der Waals surface area (Å²) in [6, 6.07) is 7.48. The van der Waals surface area contributed by atoms with Gasteiger partial charge in [0.25, 0.3) is 5.19 Å². The predicted molar refractivity (Wildman–Crippen MR) is 71.7 cm³/mol. The Labute approximate surface area is 111 Å². The molecule has 0 unspecified atom stereocenters. The fraction of sp³-hybridized carbons (Fsp3) is 0.385. The van der Waals surface area contributed by atoms with Crippen LogP contribution in [0.2, 0.25) is 0 Å². The van der Waals surface area contributed by atoms with Gasteiger partial charge in [-0.15, -0.1) is 0 Å². The lowest BCUT2D eigenvalue weighted by atomic mass is 10.2. The van der Waals surface area contributed by atoms with E-state index in [2.05, 4.69) is 23.2 Å². The van der Waals surface area contributed by atoms with Crippen molar-refractivity contribution in [3.63, 3.8) is 0 Å². The van der Waals surface area contributed by atoms with Crippen LogP contribution in [0.1, 0.15) is 32.5 Å². The standard InChI is InChI=1S/C13H16N2O2S/c1-4-16-10-5-7-11(8-6-10)17-13-14-12(9(2)3)15-18-13/h5-9H,4H2,1-3H3. The van der Waals surface area contributed by atoms with Gasteiger partial charge in [0, 0.05) is 17.5 Å². The lowest BCUT2D eigenvalue weighted by Gasteiger charge is -2.04. The first kappa shape index (κ1) is 12.8. The topological polar surface area (TPSA) is 44.2 Å². The van der Waals surface area contributed by atoms with E-state index in [1.807, 2.05) is 31.2 Å². The maximum absolute atomic E-state index is 5.63. The quantitative estimate of drug-likeness (QED) is 0.822. The smallest absolute Gasteiger partial charge is 0.298 e. The van der Waals surface area contributed by atoms with Crippen molar-refractivity contribution in [2.75, 3.05) is 6.61 Å². The molecule has 0 saturated heterocycles. The first-order valence-corrected chi connectivity index (χ1v) is 6.70. The Morgan fingerprint density at radius 3 is 2.39 bits per heavy atom. The lowest BCUT2D eigenvalue weighted by molar-refractivity contribution is 0.339. The van der Waals surface area contributed by atoms with E-state index < -0.39 is 0 Å². The maximum atomic E-state index is 5.63. The minimum Gasteiger partial charge on any atom is -0.494 e. The van der Waals surface area contributed by atoms with Gasteiger partial charge in [-0.05, 0) is 31.2 Å². The van der Waals surface area contributed by atoms with Crippen LogP contribution in [0.4, 0.5) is 0 Å². The van der Waals surface area contributed by atoms with Gasteiger partial charge < -0.3 is 9.47 Å². The fourth-order valence-corrected chi connectivity index (χ4v) is 2.06. The van der Waals surface area contributed by atoms with Gasteiger partial charge in [-0.25, -0.2) is 0 Å². The van der Waals surface area contributed by atoms with E-state index in [-0.39, 0.29) is 0 Å². The third-order valence-electron chi connectivity index (χ3n) is 2.28.